The van der Waals surface area contributed by atoms with Crippen molar-refractivity contribution in [1.29, 1.82) is 0 Å². The van der Waals surface area contributed by atoms with Crippen molar-refractivity contribution in [3.63, 3.8) is 0 Å². The second-order valence-electron chi connectivity index (χ2n) is 6.45. The molecule has 0 unspecified atom stereocenters. The third-order valence-corrected chi connectivity index (χ3v) is 4.26. The molecule has 1 heterocycles. The van der Waals surface area contributed by atoms with E-state index >= 15 is 0 Å². The van der Waals surface area contributed by atoms with E-state index in [0.717, 1.165) is 10.8 Å². The number of primary amides is 1. The summed E-state index contributed by atoms with van der Waals surface area (Å²) in [6.45, 7) is -0.615. The smallest absolute Gasteiger partial charge is 0.405 e. The Labute approximate surface area is 176 Å². The summed E-state index contributed by atoms with van der Waals surface area (Å²) >= 11 is 0. The van der Waals surface area contributed by atoms with Gasteiger partial charge in [-0.05, 0) is 17.7 Å². The molecule has 3 aromatic rings. The average Bonchev–Trinajstić information content (AvgIpc) is 2.71. The number of halogens is 5. The van der Waals surface area contributed by atoms with Gasteiger partial charge < -0.3 is 20.1 Å². The zero-order valence-corrected chi connectivity index (χ0v) is 16.0. The Kier molecular flexibility index (Phi) is 6.25. The Morgan fingerprint density at radius 2 is 1.78 bits per heavy atom. The number of hydrogen-bond acceptors (Lipinski definition) is 5. The number of nitrogens with two attached hydrogens (primary N) is 1. The molecule has 0 spiro atoms. The number of amides is 1. The summed E-state index contributed by atoms with van der Waals surface area (Å²) in [7, 11) is 0. The maximum atomic E-state index is 13.8. The first-order valence-electron chi connectivity index (χ1n) is 8.88. The molecule has 0 bridgehead atoms. The zero-order valence-electron chi connectivity index (χ0n) is 16.0. The van der Waals surface area contributed by atoms with Crippen molar-refractivity contribution in [3.05, 3.63) is 70.3 Å². The van der Waals surface area contributed by atoms with E-state index in [9.17, 15) is 31.5 Å². The van der Waals surface area contributed by atoms with E-state index in [2.05, 4.69) is 9.72 Å². The standard InChI is InChI=1S/C20H14F5N3O4/c21-13-7-12(16(8-14(13)22)32-20(23,24)25)10-2-1-3-11(6-10)17-19(31)28(4-5-29)9-15(27-17)18(26)30/h1-3,6-9,29H,4-5H2,(H2,26,30). The summed E-state index contributed by atoms with van der Waals surface area (Å²) < 4.78 is 70.4. The Bertz CT molecular complexity index is 1240. The number of aliphatic hydroxyl groups excluding tert-OH is 1. The van der Waals surface area contributed by atoms with Crippen LogP contribution in [0.15, 0.2) is 47.4 Å². The van der Waals surface area contributed by atoms with E-state index in [1.54, 1.807) is 0 Å². The molecule has 0 aliphatic carbocycles. The molecule has 0 saturated heterocycles. The van der Waals surface area contributed by atoms with Gasteiger partial charge in [-0.3, -0.25) is 9.59 Å². The van der Waals surface area contributed by atoms with Crippen LogP contribution in [0.25, 0.3) is 22.4 Å². The molecule has 0 fully saturated rings. The van der Waals surface area contributed by atoms with Crippen molar-refractivity contribution in [2.75, 3.05) is 6.61 Å². The molecule has 1 amide bonds. The van der Waals surface area contributed by atoms with Gasteiger partial charge in [0.25, 0.3) is 11.5 Å². The first-order chi connectivity index (χ1) is 15.0. The molecule has 12 heteroatoms. The van der Waals surface area contributed by atoms with Gasteiger partial charge in [-0.2, -0.15) is 0 Å². The molecule has 0 atom stereocenters. The molecule has 7 nitrogen and oxygen atoms in total. The Morgan fingerprint density at radius 3 is 2.41 bits per heavy atom. The van der Waals surface area contributed by atoms with E-state index in [1.165, 1.54) is 24.3 Å². The molecule has 1 aromatic heterocycles. The van der Waals surface area contributed by atoms with Crippen LogP contribution >= 0.6 is 0 Å². The predicted octanol–water partition coefficient (Wildman–Crippen LogP) is 2.85. The lowest BCUT2D eigenvalue weighted by Gasteiger charge is -2.15. The Morgan fingerprint density at radius 1 is 1.12 bits per heavy atom. The monoisotopic (exact) mass is 455 g/mol. The zero-order chi connectivity index (χ0) is 23.6. The van der Waals surface area contributed by atoms with Crippen LogP contribution < -0.4 is 16.0 Å². The molecule has 0 saturated carbocycles. The van der Waals surface area contributed by atoms with Crippen molar-refractivity contribution in [1.82, 2.24) is 9.55 Å². The maximum absolute atomic E-state index is 13.8. The van der Waals surface area contributed by atoms with E-state index in [4.69, 9.17) is 10.8 Å². The number of aromatic nitrogens is 2. The highest BCUT2D eigenvalue weighted by Crippen LogP contribution is 2.36. The number of ether oxygens (including phenoxy) is 1. The fourth-order valence-corrected chi connectivity index (χ4v) is 2.92. The fraction of sp³-hybridized carbons (Fsp3) is 0.150. The third kappa shape index (κ3) is 4.91. The first kappa shape index (κ1) is 22.9. The summed E-state index contributed by atoms with van der Waals surface area (Å²) in [6, 6.07) is 5.94. The molecular formula is C20H14F5N3O4. The largest absolute Gasteiger partial charge is 0.573 e. The molecule has 0 aliphatic heterocycles. The van der Waals surface area contributed by atoms with Crippen molar-refractivity contribution in [2.45, 2.75) is 12.9 Å². The summed E-state index contributed by atoms with van der Waals surface area (Å²) in [4.78, 5) is 28.2. The Hall–Kier alpha value is -3.80. The number of hydrogen-bond donors (Lipinski definition) is 2. The van der Waals surface area contributed by atoms with Crippen LogP contribution in [0.2, 0.25) is 0 Å². The fourth-order valence-electron chi connectivity index (χ4n) is 2.92. The second kappa shape index (κ2) is 8.75. The van der Waals surface area contributed by atoms with E-state index < -0.39 is 47.4 Å². The van der Waals surface area contributed by atoms with Crippen LogP contribution in [0.5, 0.6) is 5.75 Å². The van der Waals surface area contributed by atoms with Gasteiger partial charge in [0.1, 0.15) is 17.1 Å². The highest BCUT2D eigenvalue weighted by atomic mass is 19.4. The minimum atomic E-state index is -5.17. The van der Waals surface area contributed by atoms with Crippen LogP contribution in [0.1, 0.15) is 10.5 Å². The van der Waals surface area contributed by atoms with E-state index in [1.807, 2.05) is 0 Å². The number of rotatable bonds is 6. The topological polar surface area (TPSA) is 107 Å². The van der Waals surface area contributed by atoms with Crippen molar-refractivity contribution in [2.24, 2.45) is 5.73 Å². The summed E-state index contributed by atoms with van der Waals surface area (Å²) in [5, 5.41) is 9.13. The number of carbonyl (C=O) groups is 1. The normalized spacial score (nSPS) is 11.4. The SMILES string of the molecule is NC(=O)c1cn(CCO)c(=O)c(-c2cccc(-c3cc(F)c(F)cc3OC(F)(F)F)c2)n1. The summed E-state index contributed by atoms with van der Waals surface area (Å²) in [6.07, 6.45) is -4.12. The highest BCUT2D eigenvalue weighted by molar-refractivity contribution is 5.91. The van der Waals surface area contributed by atoms with Gasteiger partial charge in [-0.25, -0.2) is 13.8 Å². The van der Waals surface area contributed by atoms with E-state index in [-0.39, 0.29) is 35.1 Å². The average molecular weight is 455 g/mol. The molecule has 2 aromatic carbocycles. The summed E-state index contributed by atoms with van der Waals surface area (Å²) in [5.41, 5.74) is 3.46. The summed E-state index contributed by atoms with van der Waals surface area (Å²) in [5.74, 6) is -4.92. The van der Waals surface area contributed by atoms with Crippen molar-refractivity contribution in [3.8, 4) is 28.1 Å². The number of benzene rings is 2. The number of aliphatic hydroxyl groups is 1. The lowest BCUT2D eigenvalue weighted by Crippen LogP contribution is -2.28. The molecule has 0 aliphatic rings. The van der Waals surface area contributed by atoms with Crippen LogP contribution in [0.3, 0.4) is 0 Å². The molecule has 168 valence electrons. The minimum Gasteiger partial charge on any atom is -0.405 e. The van der Waals surface area contributed by atoms with Crippen LogP contribution in [-0.4, -0.2) is 33.5 Å². The molecule has 3 rings (SSSR count). The third-order valence-electron chi connectivity index (χ3n) is 4.26. The van der Waals surface area contributed by atoms with Gasteiger partial charge in [-0.15, -0.1) is 13.2 Å². The van der Waals surface area contributed by atoms with Crippen LogP contribution in [-0.2, 0) is 6.54 Å². The molecule has 32 heavy (non-hydrogen) atoms. The minimum absolute atomic E-state index is 0.0463. The number of nitrogens with zero attached hydrogens (tertiary/aromatic N) is 2. The lowest BCUT2D eigenvalue weighted by atomic mass is 10.0. The van der Waals surface area contributed by atoms with Crippen LogP contribution in [0, 0.1) is 11.6 Å². The van der Waals surface area contributed by atoms with Gasteiger partial charge >= 0.3 is 6.36 Å². The van der Waals surface area contributed by atoms with Gasteiger partial charge in [0, 0.05) is 29.9 Å². The number of carbonyl (C=O) groups excluding carboxylic acids is 1. The maximum Gasteiger partial charge on any atom is 0.573 e. The quantitative estimate of drug-likeness (QED) is 0.556. The van der Waals surface area contributed by atoms with Crippen molar-refractivity contribution < 1.29 is 36.6 Å². The predicted molar refractivity (Wildman–Crippen MR) is 102 cm³/mol. The Balaban J connectivity index is 2.20. The van der Waals surface area contributed by atoms with Crippen LogP contribution in [0.4, 0.5) is 22.0 Å². The van der Waals surface area contributed by atoms with Gasteiger partial charge in [0.15, 0.2) is 11.6 Å². The highest BCUT2D eigenvalue weighted by Gasteiger charge is 2.33. The number of alkyl halides is 3. The first-order valence-corrected chi connectivity index (χ1v) is 8.88. The molecule has 0 radical (unpaired) electrons. The van der Waals surface area contributed by atoms with Gasteiger partial charge in [0.05, 0.1) is 6.61 Å². The molecule has 3 N–H and O–H groups in total. The second-order valence-corrected chi connectivity index (χ2v) is 6.45. The lowest BCUT2D eigenvalue weighted by molar-refractivity contribution is -0.274. The molecular weight excluding hydrogens is 441 g/mol. The van der Waals surface area contributed by atoms with Gasteiger partial charge in [0.2, 0.25) is 0 Å². The van der Waals surface area contributed by atoms with Crippen molar-refractivity contribution >= 4 is 5.91 Å². The van der Waals surface area contributed by atoms with E-state index in [0.29, 0.717) is 6.07 Å². The van der Waals surface area contributed by atoms with Gasteiger partial charge in [-0.1, -0.05) is 18.2 Å².